The predicted octanol–water partition coefficient (Wildman–Crippen LogP) is 1.74. The van der Waals surface area contributed by atoms with Crippen molar-refractivity contribution in [2.24, 2.45) is 16.5 Å². The molecule has 0 atom stereocenters. The molecule has 4 N–H and O–H groups in total. The predicted molar refractivity (Wildman–Crippen MR) is 63.9 cm³/mol. The molecule has 0 fully saturated rings. The first-order chi connectivity index (χ1) is 6.68. The number of hydrogen-bond acceptors (Lipinski definition) is 1. The fraction of sp³-hybridized carbons (Fsp3) is 0.100. The van der Waals surface area contributed by atoms with E-state index >= 15 is 0 Å². The van der Waals surface area contributed by atoms with Crippen LogP contribution in [0.25, 0.3) is 6.08 Å². The molecule has 0 radical (unpaired) electrons. The second kappa shape index (κ2) is 5.44. The summed E-state index contributed by atoms with van der Waals surface area (Å²) in [5, 5.41) is 0. The molecule has 0 heterocycles. The van der Waals surface area contributed by atoms with Gasteiger partial charge in [0, 0.05) is 4.47 Å². The lowest BCUT2D eigenvalue weighted by atomic mass is 10.2. The molecule has 4 heteroatoms. The number of benzene rings is 1. The van der Waals surface area contributed by atoms with E-state index in [1.165, 1.54) is 0 Å². The second-order valence-corrected chi connectivity index (χ2v) is 3.64. The fourth-order valence-corrected chi connectivity index (χ4v) is 1.37. The van der Waals surface area contributed by atoms with Gasteiger partial charge >= 0.3 is 0 Å². The van der Waals surface area contributed by atoms with Crippen LogP contribution in [0.1, 0.15) is 5.56 Å². The van der Waals surface area contributed by atoms with Crippen molar-refractivity contribution in [3.63, 3.8) is 0 Å². The van der Waals surface area contributed by atoms with Crippen LogP contribution in [-0.4, -0.2) is 12.5 Å². The Morgan fingerprint density at radius 3 is 2.86 bits per heavy atom. The monoisotopic (exact) mass is 253 g/mol. The molecule has 0 spiro atoms. The van der Waals surface area contributed by atoms with Crippen LogP contribution in [0.5, 0.6) is 0 Å². The Kier molecular flexibility index (Phi) is 4.19. The smallest absolute Gasteiger partial charge is 0.186 e. The van der Waals surface area contributed by atoms with Crippen molar-refractivity contribution >= 4 is 28.0 Å². The third-order valence-electron chi connectivity index (χ3n) is 1.54. The number of nitrogens with zero attached hydrogens (tertiary/aromatic N) is 1. The zero-order chi connectivity index (χ0) is 10.4. The number of nitrogens with two attached hydrogens (primary N) is 2. The minimum Gasteiger partial charge on any atom is -0.370 e. The van der Waals surface area contributed by atoms with Gasteiger partial charge in [0.25, 0.3) is 0 Å². The molecule has 1 aromatic rings. The molecule has 0 aliphatic rings. The topological polar surface area (TPSA) is 64.4 Å². The number of aliphatic imine (C=N–C) groups is 1. The maximum absolute atomic E-state index is 5.18. The van der Waals surface area contributed by atoms with E-state index in [9.17, 15) is 0 Å². The molecule has 0 bridgehead atoms. The van der Waals surface area contributed by atoms with Gasteiger partial charge in [-0.05, 0) is 17.7 Å². The third-order valence-corrected chi connectivity index (χ3v) is 2.03. The minimum atomic E-state index is 0.115. The van der Waals surface area contributed by atoms with Crippen molar-refractivity contribution in [3.05, 3.63) is 40.4 Å². The Balaban J connectivity index is 2.56. The molecule has 0 unspecified atom stereocenters. The molecule has 0 saturated heterocycles. The van der Waals surface area contributed by atoms with Crippen molar-refractivity contribution in [2.45, 2.75) is 0 Å². The van der Waals surface area contributed by atoms with Crippen molar-refractivity contribution < 1.29 is 0 Å². The Bertz CT molecular complexity index is 354. The summed E-state index contributed by atoms with van der Waals surface area (Å²) in [6.45, 7) is 0.509. The molecular weight excluding hydrogens is 242 g/mol. The van der Waals surface area contributed by atoms with Crippen LogP contribution >= 0.6 is 15.9 Å². The second-order valence-electron chi connectivity index (χ2n) is 2.72. The molecule has 0 saturated carbocycles. The largest absolute Gasteiger partial charge is 0.370 e. The van der Waals surface area contributed by atoms with Gasteiger partial charge in [0.05, 0.1) is 6.54 Å². The Hall–Kier alpha value is -1.29. The van der Waals surface area contributed by atoms with E-state index in [1.54, 1.807) is 0 Å². The number of halogens is 1. The molecule has 0 aromatic heterocycles. The molecule has 74 valence electrons. The van der Waals surface area contributed by atoms with E-state index in [1.807, 2.05) is 36.4 Å². The first kappa shape index (κ1) is 10.8. The summed E-state index contributed by atoms with van der Waals surface area (Å²) in [4.78, 5) is 3.84. The maximum Gasteiger partial charge on any atom is 0.186 e. The molecular formula is C10H12BrN3. The van der Waals surface area contributed by atoms with Crippen LogP contribution in [0, 0.1) is 0 Å². The van der Waals surface area contributed by atoms with E-state index in [2.05, 4.69) is 20.9 Å². The van der Waals surface area contributed by atoms with Crippen molar-refractivity contribution in [2.75, 3.05) is 6.54 Å². The summed E-state index contributed by atoms with van der Waals surface area (Å²) in [5.41, 5.74) is 11.5. The summed E-state index contributed by atoms with van der Waals surface area (Å²) in [7, 11) is 0. The van der Waals surface area contributed by atoms with Crippen molar-refractivity contribution in [3.8, 4) is 0 Å². The highest BCUT2D eigenvalue weighted by Crippen LogP contribution is 2.12. The standard InChI is InChI=1S/C10H12BrN3/c11-9-5-1-3-8(7-9)4-2-6-14-10(12)13/h1-5,7H,6H2,(H4,12,13,14)/b4-2+. The van der Waals surface area contributed by atoms with Gasteiger partial charge in [-0.25, -0.2) is 4.99 Å². The average Bonchev–Trinajstić information content (AvgIpc) is 2.12. The summed E-state index contributed by atoms with van der Waals surface area (Å²) in [5.74, 6) is 0.115. The van der Waals surface area contributed by atoms with Crippen LogP contribution in [0.4, 0.5) is 0 Å². The first-order valence-electron chi connectivity index (χ1n) is 4.16. The molecule has 1 rings (SSSR count). The van der Waals surface area contributed by atoms with Gasteiger partial charge in [-0.1, -0.05) is 40.2 Å². The SMILES string of the molecule is NC(N)=NC/C=C/c1cccc(Br)c1. The van der Waals surface area contributed by atoms with Crippen LogP contribution in [0.2, 0.25) is 0 Å². The average molecular weight is 254 g/mol. The van der Waals surface area contributed by atoms with Crippen molar-refractivity contribution in [1.82, 2.24) is 0 Å². The van der Waals surface area contributed by atoms with Crippen LogP contribution in [0.3, 0.4) is 0 Å². The zero-order valence-corrected chi connectivity index (χ0v) is 9.24. The van der Waals surface area contributed by atoms with E-state index in [0.29, 0.717) is 6.54 Å². The van der Waals surface area contributed by atoms with Gasteiger partial charge in [0.1, 0.15) is 0 Å². The van der Waals surface area contributed by atoms with E-state index in [-0.39, 0.29) is 5.96 Å². The highest BCUT2D eigenvalue weighted by Gasteiger charge is 1.87. The highest BCUT2D eigenvalue weighted by atomic mass is 79.9. The van der Waals surface area contributed by atoms with E-state index in [4.69, 9.17) is 11.5 Å². The van der Waals surface area contributed by atoms with Gasteiger partial charge in [-0.15, -0.1) is 0 Å². The summed E-state index contributed by atoms with van der Waals surface area (Å²) >= 11 is 3.39. The summed E-state index contributed by atoms with van der Waals surface area (Å²) < 4.78 is 1.06. The molecule has 0 aliphatic carbocycles. The summed E-state index contributed by atoms with van der Waals surface area (Å²) in [6.07, 6.45) is 3.87. The zero-order valence-electron chi connectivity index (χ0n) is 7.65. The molecule has 0 aliphatic heterocycles. The van der Waals surface area contributed by atoms with Crippen LogP contribution < -0.4 is 11.5 Å². The van der Waals surface area contributed by atoms with E-state index < -0.39 is 0 Å². The van der Waals surface area contributed by atoms with Gasteiger partial charge < -0.3 is 11.5 Å². The number of hydrogen-bond donors (Lipinski definition) is 2. The van der Waals surface area contributed by atoms with Gasteiger partial charge in [0.15, 0.2) is 5.96 Å². The lowest BCUT2D eigenvalue weighted by Gasteiger charge is -1.93. The number of guanidine groups is 1. The fourth-order valence-electron chi connectivity index (χ4n) is 0.957. The third kappa shape index (κ3) is 4.09. The minimum absolute atomic E-state index is 0.115. The quantitative estimate of drug-likeness (QED) is 0.637. The van der Waals surface area contributed by atoms with E-state index in [0.717, 1.165) is 10.0 Å². The van der Waals surface area contributed by atoms with Gasteiger partial charge in [-0.3, -0.25) is 0 Å². The molecule has 14 heavy (non-hydrogen) atoms. The number of rotatable bonds is 3. The lowest BCUT2D eigenvalue weighted by molar-refractivity contribution is 1.22. The van der Waals surface area contributed by atoms with Crippen LogP contribution in [-0.2, 0) is 0 Å². The Morgan fingerprint density at radius 2 is 2.21 bits per heavy atom. The van der Waals surface area contributed by atoms with Crippen molar-refractivity contribution in [1.29, 1.82) is 0 Å². The Morgan fingerprint density at radius 1 is 1.43 bits per heavy atom. The van der Waals surface area contributed by atoms with Gasteiger partial charge in [0.2, 0.25) is 0 Å². The first-order valence-corrected chi connectivity index (χ1v) is 4.95. The summed E-state index contributed by atoms with van der Waals surface area (Å²) in [6, 6.07) is 7.99. The molecule has 3 nitrogen and oxygen atoms in total. The maximum atomic E-state index is 5.18. The Labute approximate surface area is 91.6 Å². The van der Waals surface area contributed by atoms with Gasteiger partial charge in [-0.2, -0.15) is 0 Å². The van der Waals surface area contributed by atoms with Crippen LogP contribution in [0.15, 0.2) is 39.8 Å². The molecule has 1 aromatic carbocycles. The normalized spacial score (nSPS) is 10.4. The highest BCUT2D eigenvalue weighted by molar-refractivity contribution is 9.10. The molecule has 0 amide bonds. The lowest BCUT2D eigenvalue weighted by Crippen LogP contribution is -2.22.